The molecule has 6 heteroatoms. The van der Waals surface area contributed by atoms with Crippen LogP contribution in [0, 0.1) is 0 Å². The molecule has 3 N–H and O–H groups in total. The van der Waals surface area contributed by atoms with Crippen LogP contribution >= 0.6 is 11.8 Å². The first kappa shape index (κ1) is 18.1. The lowest BCUT2D eigenvalue weighted by Gasteiger charge is -2.31. The van der Waals surface area contributed by atoms with E-state index in [1.807, 2.05) is 6.26 Å². The highest BCUT2D eigenvalue weighted by Crippen LogP contribution is 2.29. The number of carboxylic acid groups (broad SMARTS) is 1. The zero-order valence-corrected chi connectivity index (χ0v) is 13.3. The first-order chi connectivity index (χ1) is 8.79. The van der Waals surface area contributed by atoms with E-state index in [9.17, 15) is 9.59 Å². The van der Waals surface area contributed by atoms with Gasteiger partial charge in [-0.1, -0.05) is 20.8 Å². The lowest BCUT2D eigenvalue weighted by Crippen LogP contribution is -2.56. The molecule has 19 heavy (non-hydrogen) atoms. The van der Waals surface area contributed by atoms with Crippen LogP contribution < -0.4 is 10.6 Å². The van der Waals surface area contributed by atoms with Gasteiger partial charge >= 0.3 is 12.0 Å². The van der Waals surface area contributed by atoms with Crippen molar-refractivity contribution in [3.05, 3.63) is 0 Å². The van der Waals surface area contributed by atoms with Crippen molar-refractivity contribution in [1.29, 1.82) is 0 Å². The summed E-state index contributed by atoms with van der Waals surface area (Å²) in [6.07, 6.45) is 4.27. The van der Waals surface area contributed by atoms with Gasteiger partial charge in [-0.15, -0.1) is 0 Å². The van der Waals surface area contributed by atoms with Crippen molar-refractivity contribution in [3.63, 3.8) is 0 Å². The summed E-state index contributed by atoms with van der Waals surface area (Å²) in [5.74, 6) is -1.02. The second kappa shape index (κ2) is 7.62. The molecule has 1 unspecified atom stereocenters. The number of aliphatic carboxylic acids is 1. The van der Waals surface area contributed by atoms with Crippen LogP contribution in [0.1, 0.15) is 47.0 Å². The number of carboxylic acids is 1. The van der Waals surface area contributed by atoms with Crippen molar-refractivity contribution in [2.45, 2.75) is 57.2 Å². The number of hydrogen-bond acceptors (Lipinski definition) is 3. The molecule has 0 radical (unpaired) electrons. The molecule has 2 amide bonds. The minimum absolute atomic E-state index is 0.0170. The number of nitrogens with one attached hydrogen (secondary N) is 2. The number of carbonyl (C=O) groups excluding carboxylic acids is 1. The molecule has 0 aromatic rings. The Bertz CT molecular complexity index is 311. The van der Waals surface area contributed by atoms with E-state index in [1.165, 1.54) is 6.92 Å². The molecule has 0 heterocycles. The highest BCUT2D eigenvalue weighted by atomic mass is 32.2. The van der Waals surface area contributed by atoms with Gasteiger partial charge in [0.25, 0.3) is 0 Å². The van der Waals surface area contributed by atoms with Crippen LogP contribution in [0.2, 0.25) is 0 Å². The first-order valence-corrected chi connectivity index (χ1v) is 7.86. The van der Waals surface area contributed by atoms with Crippen LogP contribution in [-0.4, -0.2) is 40.2 Å². The second-order valence-corrected chi connectivity index (χ2v) is 6.17. The fourth-order valence-electron chi connectivity index (χ4n) is 1.69. The van der Waals surface area contributed by atoms with Crippen molar-refractivity contribution in [2.24, 2.45) is 0 Å². The Morgan fingerprint density at radius 1 is 1.16 bits per heavy atom. The quantitative estimate of drug-likeness (QED) is 0.641. The molecule has 0 aromatic heterocycles. The fourth-order valence-corrected chi connectivity index (χ4v) is 2.48. The summed E-state index contributed by atoms with van der Waals surface area (Å²) in [6.45, 7) is 7.96. The molecule has 0 rings (SSSR count). The van der Waals surface area contributed by atoms with Crippen molar-refractivity contribution >= 4 is 23.8 Å². The number of rotatable bonds is 8. The summed E-state index contributed by atoms with van der Waals surface area (Å²) in [4.78, 5) is 22.9. The summed E-state index contributed by atoms with van der Waals surface area (Å²) < 4.78 is 0.0170. The number of urea groups is 1. The van der Waals surface area contributed by atoms with Gasteiger partial charge in [0.05, 0.1) is 0 Å². The van der Waals surface area contributed by atoms with Gasteiger partial charge in [-0.2, -0.15) is 11.8 Å². The molecule has 1 atom stereocenters. The second-order valence-electron chi connectivity index (χ2n) is 4.89. The van der Waals surface area contributed by atoms with Gasteiger partial charge < -0.3 is 15.7 Å². The third kappa shape index (κ3) is 4.93. The van der Waals surface area contributed by atoms with Crippen LogP contribution in [-0.2, 0) is 4.79 Å². The lowest BCUT2D eigenvalue weighted by molar-refractivity contribution is -0.143. The van der Waals surface area contributed by atoms with E-state index < -0.39 is 17.5 Å². The van der Waals surface area contributed by atoms with Gasteiger partial charge in [0.15, 0.2) is 0 Å². The highest BCUT2D eigenvalue weighted by Gasteiger charge is 2.33. The van der Waals surface area contributed by atoms with Crippen molar-refractivity contribution in [2.75, 3.05) is 12.8 Å². The fraction of sp³-hybridized carbons (Fsp3) is 0.846. The van der Waals surface area contributed by atoms with Crippen LogP contribution in [0.4, 0.5) is 4.79 Å². The van der Waals surface area contributed by atoms with E-state index in [0.717, 1.165) is 12.8 Å². The van der Waals surface area contributed by atoms with Crippen LogP contribution in [0.25, 0.3) is 0 Å². The molecular formula is C13H26N2O3S. The van der Waals surface area contributed by atoms with Gasteiger partial charge in [-0.25, -0.2) is 9.59 Å². The number of amides is 2. The maximum absolute atomic E-state index is 11.8. The smallest absolute Gasteiger partial charge is 0.329 e. The van der Waals surface area contributed by atoms with Gasteiger partial charge in [0.2, 0.25) is 0 Å². The molecule has 0 saturated heterocycles. The zero-order chi connectivity index (χ0) is 15.1. The van der Waals surface area contributed by atoms with E-state index in [-0.39, 0.29) is 4.75 Å². The normalized spacial score (nSPS) is 14.6. The third-order valence-corrected chi connectivity index (χ3v) is 5.45. The average Bonchev–Trinajstić information content (AvgIpc) is 2.40. The molecule has 0 aliphatic heterocycles. The lowest BCUT2D eigenvalue weighted by atomic mass is 9.99. The SMILES string of the molecule is CCC(CC)(CNC(=O)NC(C)(CC)C(=O)O)SC. The minimum atomic E-state index is -1.22. The maximum Gasteiger partial charge on any atom is 0.329 e. The van der Waals surface area contributed by atoms with Crippen molar-refractivity contribution in [3.8, 4) is 0 Å². The molecule has 0 fully saturated rings. The number of carbonyl (C=O) groups is 2. The molecule has 0 saturated carbocycles. The Kier molecular flexibility index (Phi) is 7.26. The predicted octanol–water partition coefficient (Wildman–Crippen LogP) is 2.46. The molecule has 0 bridgehead atoms. The van der Waals surface area contributed by atoms with Gasteiger partial charge in [-0.3, -0.25) is 0 Å². The summed E-state index contributed by atoms with van der Waals surface area (Å²) in [5, 5.41) is 14.4. The average molecular weight is 290 g/mol. The van der Waals surface area contributed by atoms with E-state index in [0.29, 0.717) is 13.0 Å². The molecule has 0 spiro atoms. The van der Waals surface area contributed by atoms with E-state index >= 15 is 0 Å². The number of hydrogen-bond donors (Lipinski definition) is 3. The Hall–Kier alpha value is -0.910. The third-order valence-electron chi connectivity index (χ3n) is 3.86. The van der Waals surface area contributed by atoms with E-state index in [1.54, 1.807) is 18.7 Å². The maximum atomic E-state index is 11.8. The summed E-state index contributed by atoms with van der Waals surface area (Å²) in [6, 6.07) is -0.424. The molecule has 0 aliphatic rings. The number of thioether (sulfide) groups is 1. The largest absolute Gasteiger partial charge is 0.480 e. The van der Waals surface area contributed by atoms with Gasteiger partial charge in [0, 0.05) is 11.3 Å². The van der Waals surface area contributed by atoms with Crippen LogP contribution in [0.5, 0.6) is 0 Å². The topological polar surface area (TPSA) is 78.4 Å². The minimum Gasteiger partial charge on any atom is -0.480 e. The van der Waals surface area contributed by atoms with Crippen molar-refractivity contribution < 1.29 is 14.7 Å². The van der Waals surface area contributed by atoms with E-state index in [2.05, 4.69) is 24.5 Å². The van der Waals surface area contributed by atoms with Crippen LogP contribution in [0.15, 0.2) is 0 Å². The standard InChI is InChI=1S/C13H26N2O3S/c1-6-12(4,10(16)17)15-11(18)14-9-13(7-2,8-3)19-5/h6-9H2,1-5H3,(H,16,17)(H2,14,15,18). The Morgan fingerprint density at radius 3 is 2.00 bits per heavy atom. The Labute approximate surface area is 119 Å². The monoisotopic (exact) mass is 290 g/mol. The van der Waals surface area contributed by atoms with Crippen molar-refractivity contribution in [1.82, 2.24) is 10.6 Å². The van der Waals surface area contributed by atoms with Gasteiger partial charge in [-0.05, 0) is 32.4 Å². The summed E-state index contributed by atoms with van der Waals surface area (Å²) >= 11 is 1.73. The van der Waals surface area contributed by atoms with Crippen LogP contribution in [0.3, 0.4) is 0 Å². The zero-order valence-electron chi connectivity index (χ0n) is 12.5. The highest BCUT2D eigenvalue weighted by molar-refractivity contribution is 8.00. The summed E-state index contributed by atoms with van der Waals surface area (Å²) in [7, 11) is 0. The predicted molar refractivity (Wildman–Crippen MR) is 79.7 cm³/mol. The van der Waals surface area contributed by atoms with E-state index in [4.69, 9.17) is 5.11 Å². The first-order valence-electron chi connectivity index (χ1n) is 6.63. The molecular weight excluding hydrogens is 264 g/mol. The van der Waals surface area contributed by atoms with Gasteiger partial charge in [0.1, 0.15) is 5.54 Å². The summed E-state index contributed by atoms with van der Waals surface area (Å²) in [5.41, 5.74) is -1.22. The Balaban J connectivity index is 4.52. The molecule has 0 aromatic carbocycles. The molecule has 112 valence electrons. The molecule has 5 nitrogen and oxygen atoms in total. The molecule has 0 aliphatic carbocycles. The Morgan fingerprint density at radius 2 is 1.68 bits per heavy atom.